The first-order valence-electron chi connectivity index (χ1n) is 7.35. The number of hydrogen-bond donors (Lipinski definition) is 1. The lowest BCUT2D eigenvalue weighted by Crippen LogP contribution is -2.22. The molecule has 0 bridgehead atoms. The third-order valence-electron chi connectivity index (χ3n) is 3.94. The lowest BCUT2D eigenvalue weighted by atomic mass is 10.1. The molecule has 1 aliphatic rings. The van der Waals surface area contributed by atoms with E-state index in [-0.39, 0.29) is 11.4 Å². The van der Waals surface area contributed by atoms with Crippen LogP contribution in [0.15, 0.2) is 36.4 Å². The van der Waals surface area contributed by atoms with Gasteiger partial charge in [0.15, 0.2) is 0 Å². The van der Waals surface area contributed by atoms with E-state index in [9.17, 15) is 22.2 Å². The summed E-state index contributed by atoms with van der Waals surface area (Å²) in [6.07, 6.45) is 0.738. The van der Waals surface area contributed by atoms with E-state index in [1.54, 1.807) is 6.07 Å². The van der Waals surface area contributed by atoms with Crippen LogP contribution in [0.25, 0.3) is 0 Å². The van der Waals surface area contributed by atoms with Crippen LogP contribution in [0, 0.1) is 17.5 Å². The zero-order valence-corrected chi connectivity index (χ0v) is 13.3. The Labute approximate surface area is 139 Å². The van der Waals surface area contributed by atoms with Crippen LogP contribution in [-0.2, 0) is 22.0 Å². The molecule has 1 amide bonds. The second-order valence-corrected chi connectivity index (χ2v) is 7.16. The van der Waals surface area contributed by atoms with E-state index in [0.29, 0.717) is 24.0 Å². The maximum absolute atomic E-state index is 13.7. The second kappa shape index (κ2) is 6.76. The molecule has 0 aliphatic heterocycles. The number of hydrogen-bond acceptors (Lipinski definition) is 2. The molecule has 2 atom stereocenters. The molecular weight excluding hydrogens is 339 g/mol. The molecule has 0 unspecified atom stereocenters. The highest BCUT2D eigenvalue weighted by molar-refractivity contribution is 7.86. The zero-order chi connectivity index (χ0) is 17.3. The van der Waals surface area contributed by atoms with Crippen molar-refractivity contribution in [3.05, 3.63) is 65.0 Å². The molecule has 126 valence electrons. The van der Waals surface area contributed by atoms with Crippen molar-refractivity contribution in [3.8, 4) is 0 Å². The molecule has 2 aromatic carbocycles. The van der Waals surface area contributed by atoms with Crippen LogP contribution >= 0.6 is 0 Å². The maximum Gasteiger partial charge on any atom is 0.237 e. The van der Waals surface area contributed by atoms with Gasteiger partial charge in [0.1, 0.15) is 23.2 Å². The number of carbonyl (C=O) groups excluding carboxylic acids is 1. The van der Waals surface area contributed by atoms with Gasteiger partial charge in [-0.1, -0.05) is 12.1 Å². The second-order valence-electron chi connectivity index (χ2n) is 5.54. The summed E-state index contributed by atoms with van der Waals surface area (Å²) in [6, 6.07) is 7.62. The van der Waals surface area contributed by atoms with Crippen LogP contribution in [0.1, 0.15) is 22.8 Å². The number of fused-ring (bicyclic) bond motifs is 1. The molecular formula is C17H14F3NO2S. The molecule has 1 N–H and O–H groups in total. The summed E-state index contributed by atoms with van der Waals surface area (Å²) in [6.45, 7) is 0. The van der Waals surface area contributed by atoms with Crippen molar-refractivity contribution in [1.29, 1.82) is 0 Å². The van der Waals surface area contributed by atoms with Gasteiger partial charge >= 0.3 is 0 Å². The van der Waals surface area contributed by atoms with Crippen LogP contribution in [0.4, 0.5) is 18.9 Å². The van der Waals surface area contributed by atoms with E-state index >= 15 is 0 Å². The number of rotatable bonds is 4. The lowest BCUT2D eigenvalue weighted by molar-refractivity contribution is -0.113. The van der Waals surface area contributed by atoms with Crippen molar-refractivity contribution in [1.82, 2.24) is 0 Å². The van der Waals surface area contributed by atoms with Crippen molar-refractivity contribution in [3.63, 3.8) is 0 Å². The minimum Gasteiger partial charge on any atom is -0.323 e. The predicted molar refractivity (Wildman–Crippen MR) is 85.5 cm³/mol. The smallest absolute Gasteiger partial charge is 0.237 e. The molecule has 0 spiro atoms. The molecule has 0 aromatic heterocycles. The van der Waals surface area contributed by atoms with Gasteiger partial charge in [0.05, 0.1) is 10.9 Å². The Morgan fingerprint density at radius 3 is 2.67 bits per heavy atom. The lowest BCUT2D eigenvalue weighted by Gasteiger charge is -2.12. The Kier molecular flexibility index (Phi) is 4.71. The molecule has 2 aromatic rings. The quantitative estimate of drug-likeness (QED) is 0.915. The SMILES string of the molecule is O=C(C[S@](=O)[C@@H]1CCc2c(F)cc(F)cc21)Nc1ccccc1F. The fourth-order valence-electron chi connectivity index (χ4n) is 2.86. The van der Waals surface area contributed by atoms with Gasteiger partial charge in [0.2, 0.25) is 5.91 Å². The van der Waals surface area contributed by atoms with Crippen LogP contribution in [-0.4, -0.2) is 15.9 Å². The van der Waals surface area contributed by atoms with Gasteiger partial charge in [-0.15, -0.1) is 0 Å². The fraction of sp³-hybridized carbons (Fsp3) is 0.235. The van der Waals surface area contributed by atoms with Crippen molar-refractivity contribution >= 4 is 22.4 Å². The highest BCUT2D eigenvalue weighted by atomic mass is 32.2. The molecule has 24 heavy (non-hydrogen) atoms. The van der Waals surface area contributed by atoms with E-state index in [0.717, 1.165) is 6.07 Å². The highest BCUT2D eigenvalue weighted by Gasteiger charge is 2.31. The van der Waals surface area contributed by atoms with Gasteiger partial charge in [-0.3, -0.25) is 9.00 Å². The minimum atomic E-state index is -1.65. The van der Waals surface area contributed by atoms with Gasteiger partial charge in [-0.25, -0.2) is 13.2 Å². The summed E-state index contributed by atoms with van der Waals surface area (Å²) in [5, 5.41) is 1.76. The van der Waals surface area contributed by atoms with E-state index in [2.05, 4.69) is 5.32 Å². The zero-order valence-electron chi connectivity index (χ0n) is 12.5. The van der Waals surface area contributed by atoms with Gasteiger partial charge < -0.3 is 5.32 Å². The molecule has 3 rings (SSSR count). The van der Waals surface area contributed by atoms with Crippen molar-refractivity contribution in [2.45, 2.75) is 18.1 Å². The largest absolute Gasteiger partial charge is 0.323 e. The number of para-hydroxylation sites is 1. The summed E-state index contributed by atoms with van der Waals surface area (Å²) in [7, 11) is -1.65. The number of carbonyl (C=O) groups is 1. The molecule has 0 fully saturated rings. The summed E-state index contributed by atoms with van der Waals surface area (Å²) < 4.78 is 53.0. The number of benzene rings is 2. The van der Waals surface area contributed by atoms with Crippen molar-refractivity contribution < 1.29 is 22.2 Å². The van der Waals surface area contributed by atoms with Crippen LogP contribution in [0.2, 0.25) is 0 Å². The predicted octanol–water partition coefficient (Wildman–Crippen LogP) is 3.48. The third kappa shape index (κ3) is 3.36. The Bertz CT molecular complexity index is 825. The standard InChI is InChI=1S/C17H14F3NO2S/c18-10-7-12-11(14(20)8-10)5-6-16(12)24(23)9-17(22)21-15-4-2-1-3-13(15)19/h1-4,7-8,16H,5-6,9H2,(H,21,22)/t16-,24+/m1/s1. The fourth-order valence-corrected chi connectivity index (χ4v) is 4.26. The van der Waals surface area contributed by atoms with Gasteiger partial charge in [0.25, 0.3) is 0 Å². The first kappa shape index (κ1) is 16.7. The molecule has 0 radical (unpaired) electrons. The number of halogens is 3. The van der Waals surface area contributed by atoms with Gasteiger partial charge in [-0.05, 0) is 42.2 Å². The minimum absolute atomic E-state index is 0.00316. The Hall–Kier alpha value is -2.15. The summed E-state index contributed by atoms with van der Waals surface area (Å²) in [5.74, 6) is -2.95. The van der Waals surface area contributed by atoms with Crippen LogP contribution in [0.3, 0.4) is 0 Å². The first-order chi connectivity index (χ1) is 11.5. The Balaban J connectivity index is 1.71. The van der Waals surface area contributed by atoms with E-state index in [1.165, 1.54) is 24.3 Å². The van der Waals surface area contributed by atoms with Crippen LogP contribution in [0.5, 0.6) is 0 Å². The average Bonchev–Trinajstić information content (AvgIpc) is 2.93. The molecule has 0 saturated heterocycles. The molecule has 0 heterocycles. The number of amides is 1. The molecule has 7 heteroatoms. The summed E-state index contributed by atoms with van der Waals surface area (Å²) >= 11 is 0. The monoisotopic (exact) mass is 353 g/mol. The normalized spacial score (nSPS) is 17.4. The first-order valence-corrected chi connectivity index (χ1v) is 8.73. The van der Waals surface area contributed by atoms with Crippen molar-refractivity contribution in [2.24, 2.45) is 0 Å². The third-order valence-corrected chi connectivity index (χ3v) is 5.61. The van der Waals surface area contributed by atoms with Gasteiger partial charge in [0, 0.05) is 16.9 Å². The Morgan fingerprint density at radius 1 is 1.17 bits per heavy atom. The number of nitrogens with one attached hydrogen (secondary N) is 1. The maximum atomic E-state index is 13.7. The summed E-state index contributed by atoms with van der Waals surface area (Å²) in [5.41, 5.74) is 0.706. The average molecular weight is 353 g/mol. The van der Waals surface area contributed by atoms with E-state index in [4.69, 9.17) is 0 Å². The van der Waals surface area contributed by atoms with Gasteiger partial charge in [-0.2, -0.15) is 0 Å². The van der Waals surface area contributed by atoms with Crippen LogP contribution < -0.4 is 5.32 Å². The number of anilines is 1. The molecule has 0 saturated carbocycles. The van der Waals surface area contributed by atoms with Crippen molar-refractivity contribution in [2.75, 3.05) is 11.1 Å². The van der Waals surface area contributed by atoms with E-state index < -0.39 is 39.4 Å². The molecule has 3 nitrogen and oxygen atoms in total. The molecule has 1 aliphatic carbocycles. The Morgan fingerprint density at radius 2 is 1.92 bits per heavy atom. The topological polar surface area (TPSA) is 46.2 Å². The highest BCUT2D eigenvalue weighted by Crippen LogP contribution is 2.37. The van der Waals surface area contributed by atoms with E-state index in [1.807, 2.05) is 0 Å². The summed E-state index contributed by atoms with van der Waals surface area (Å²) in [4.78, 5) is 12.0.